The fraction of sp³-hybridized carbons (Fsp3) is 0.421. The lowest BCUT2D eigenvalue weighted by Crippen LogP contribution is -2.06. The van der Waals surface area contributed by atoms with Crippen LogP contribution < -0.4 is 0 Å². The van der Waals surface area contributed by atoms with Crippen LogP contribution in [0.1, 0.15) is 50.2 Å². The highest BCUT2D eigenvalue weighted by molar-refractivity contribution is 7.98. The molecular weight excluding hydrogens is 348 g/mol. The van der Waals surface area contributed by atoms with Crippen molar-refractivity contribution in [2.75, 3.05) is 0 Å². The number of aryl methyl sites for hydroxylation is 1. The van der Waals surface area contributed by atoms with E-state index < -0.39 is 0 Å². The lowest BCUT2D eigenvalue weighted by atomic mass is 10.2. The van der Waals surface area contributed by atoms with Gasteiger partial charge in [-0.1, -0.05) is 62.4 Å². The summed E-state index contributed by atoms with van der Waals surface area (Å²) in [7, 11) is 0. The summed E-state index contributed by atoms with van der Waals surface area (Å²) in [5.41, 5.74) is 3.55. The number of hydrogen-bond acceptors (Lipinski definition) is 5. The van der Waals surface area contributed by atoms with E-state index in [1.165, 1.54) is 11.1 Å². The van der Waals surface area contributed by atoms with Crippen molar-refractivity contribution in [3.05, 3.63) is 46.7 Å². The quantitative estimate of drug-likeness (QED) is 0.511. The fourth-order valence-electron chi connectivity index (χ4n) is 2.61. The van der Waals surface area contributed by atoms with Gasteiger partial charge in [-0.15, -0.1) is 21.5 Å². The Labute approximate surface area is 157 Å². The number of rotatable bonds is 7. The monoisotopic (exact) mass is 372 g/mol. The topological polar surface area (TPSA) is 43.6 Å². The Balaban J connectivity index is 1.71. The zero-order valence-electron chi connectivity index (χ0n) is 15.2. The third-order valence-electron chi connectivity index (χ3n) is 3.91. The normalized spacial score (nSPS) is 11.4. The molecule has 2 heterocycles. The molecule has 0 N–H and O–H groups in total. The van der Waals surface area contributed by atoms with E-state index in [-0.39, 0.29) is 0 Å². The smallest absolute Gasteiger partial charge is 0.191 e. The van der Waals surface area contributed by atoms with E-state index in [1.54, 1.807) is 23.1 Å². The molecule has 3 aromatic rings. The van der Waals surface area contributed by atoms with Crippen LogP contribution in [0.25, 0.3) is 10.6 Å². The van der Waals surface area contributed by atoms with Gasteiger partial charge in [0, 0.05) is 29.2 Å². The molecule has 0 unspecified atom stereocenters. The summed E-state index contributed by atoms with van der Waals surface area (Å²) in [5, 5.41) is 13.0. The molecule has 4 nitrogen and oxygen atoms in total. The zero-order valence-corrected chi connectivity index (χ0v) is 16.8. The largest absolute Gasteiger partial charge is 0.306 e. The molecule has 3 rings (SSSR count). The van der Waals surface area contributed by atoms with E-state index in [0.29, 0.717) is 5.92 Å². The van der Waals surface area contributed by atoms with Crippen molar-refractivity contribution in [2.24, 2.45) is 0 Å². The molecular formula is C19H24N4S2. The summed E-state index contributed by atoms with van der Waals surface area (Å²) in [5.74, 6) is 2.28. The molecule has 0 aliphatic carbocycles. The number of aromatic nitrogens is 4. The van der Waals surface area contributed by atoms with Crippen molar-refractivity contribution in [3.63, 3.8) is 0 Å². The molecule has 25 heavy (non-hydrogen) atoms. The summed E-state index contributed by atoms with van der Waals surface area (Å²) in [6.45, 7) is 9.59. The maximum absolute atomic E-state index is 4.78. The molecule has 0 spiro atoms. The van der Waals surface area contributed by atoms with Crippen molar-refractivity contribution in [1.82, 2.24) is 19.7 Å². The maximum atomic E-state index is 4.78. The first-order chi connectivity index (χ1) is 12.1. The predicted octanol–water partition coefficient (Wildman–Crippen LogP) is 5.54. The maximum Gasteiger partial charge on any atom is 0.191 e. The van der Waals surface area contributed by atoms with Gasteiger partial charge < -0.3 is 4.57 Å². The van der Waals surface area contributed by atoms with Gasteiger partial charge in [0.1, 0.15) is 10.8 Å². The Hall–Kier alpha value is -1.66. The van der Waals surface area contributed by atoms with Crippen LogP contribution >= 0.6 is 23.1 Å². The van der Waals surface area contributed by atoms with Crippen molar-refractivity contribution < 1.29 is 0 Å². The molecule has 0 aliphatic rings. The predicted molar refractivity (Wildman–Crippen MR) is 106 cm³/mol. The van der Waals surface area contributed by atoms with Crippen LogP contribution in [0.5, 0.6) is 0 Å². The molecule has 2 aromatic heterocycles. The number of nitrogens with zero attached hydrogens (tertiary/aromatic N) is 4. The molecule has 0 bridgehead atoms. The molecule has 0 saturated heterocycles. The number of thiazole rings is 1. The van der Waals surface area contributed by atoms with Gasteiger partial charge in [-0.05, 0) is 13.3 Å². The van der Waals surface area contributed by atoms with E-state index >= 15 is 0 Å². The number of thioether (sulfide) groups is 1. The Morgan fingerprint density at radius 2 is 1.92 bits per heavy atom. The van der Waals surface area contributed by atoms with E-state index in [0.717, 1.165) is 40.4 Å². The van der Waals surface area contributed by atoms with Gasteiger partial charge in [0.2, 0.25) is 0 Å². The standard InChI is InChI=1S/C19H24N4S2/c1-5-10-23-17(13(2)3)21-22-19(23)25-12-16-11-24-18(20-16)15-8-6-14(4)7-9-15/h6-9,11,13H,5,10,12H2,1-4H3. The van der Waals surface area contributed by atoms with Crippen LogP contribution in [-0.2, 0) is 12.3 Å². The molecule has 0 radical (unpaired) electrons. The SMILES string of the molecule is CCCn1c(SCc2csc(-c3ccc(C)cc3)n2)nnc1C(C)C. The Morgan fingerprint density at radius 1 is 1.16 bits per heavy atom. The van der Waals surface area contributed by atoms with Gasteiger partial charge in [-0.25, -0.2) is 4.98 Å². The summed E-state index contributed by atoms with van der Waals surface area (Å²) in [6.07, 6.45) is 1.08. The second-order valence-electron chi connectivity index (χ2n) is 6.45. The Bertz CT molecular complexity index is 818. The van der Waals surface area contributed by atoms with Crippen LogP contribution in [0.2, 0.25) is 0 Å². The molecule has 6 heteroatoms. The third kappa shape index (κ3) is 4.30. The van der Waals surface area contributed by atoms with E-state index in [1.807, 2.05) is 0 Å². The zero-order chi connectivity index (χ0) is 17.8. The average molecular weight is 373 g/mol. The molecule has 0 fully saturated rings. The first-order valence-electron chi connectivity index (χ1n) is 8.65. The van der Waals surface area contributed by atoms with E-state index in [4.69, 9.17) is 4.98 Å². The molecule has 0 atom stereocenters. The van der Waals surface area contributed by atoms with Crippen molar-refractivity contribution in [3.8, 4) is 10.6 Å². The first-order valence-corrected chi connectivity index (χ1v) is 10.5. The lowest BCUT2D eigenvalue weighted by molar-refractivity contribution is 0.572. The second-order valence-corrected chi connectivity index (χ2v) is 8.25. The molecule has 0 saturated carbocycles. The van der Waals surface area contributed by atoms with Gasteiger partial charge in [-0.3, -0.25) is 0 Å². The van der Waals surface area contributed by atoms with Crippen LogP contribution in [0.3, 0.4) is 0 Å². The van der Waals surface area contributed by atoms with Crippen molar-refractivity contribution >= 4 is 23.1 Å². The summed E-state index contributed by atoms with van der Waals surface area (Å²) in [4.78, 5) is 4.78. The Kier molecular flexibility index (Phi) is 5.91. The first kappa shape index (κ1) is 18.1. The van der Waals surface area contributed by atoms with Gasteiger partial charge in [0.15, 0.2) is 5.16 Å². The average Bonchev–Trinajstić information content (AvgIpc) is 3.21. The second kappa shape index (κ2) is 8.15. The van der Waals surface area contributed by atoms with Crippen molar-refractivity contribution in [1.29, 1.82) is 0 Å². The van der Waals surface area contributed by atoms with Crippen LogP contribution in [-0.4, -0.2) is 19.7 Å². The van der Waals surface area contributed by atoms with Gasteiger partial charge in [-0.2, -0.15) is 0 Å². The van der Waals surface area contributed by atoms with Crippen molar-refractivity contribution in [2.45, 2.75) is 57.5 Å². The van der Waals surface area contributed by atoms with E-state index in [2.05, 4.69) is 72.1 Å². The Morgan fingerprint density at radius 3 is 2.60 bits per heavy atom. The molecule has 0 aliphatic heterocycles. The van der Waals surface area contributed by atoms with Gasteiger partial charge >= 0.3 is 0 Å². The number of benzene rings is 1. The summed E-state index contributed by atoms with van der Waals surface area (Å²) in [6, 6.07) is 8.54. The minimum absolute atomic E-state index is 0.390. The fourth-order valence-corrected chi connectivity index (χ4v) is 4.40. The summed E-state index contributed by atoms with van der Waals surface area (Å²) >= 11 is 3.42. The van der Waals surface area contributed by atoms with Crippen LogP contribution in [0.15, 0.2) is 34.8 Å². The number of hydrogen-bond donors (Lipinski definition) is 0. The third-order valence-corrected chi connectivity index (χ3v) is 5.85. The van der Waals surface area contributed by atoms with Gasteiger partial charge in [0.25, 0.3) is 0 Å². The lowest BCUT2D eigenvalue weighted by Gasteiger charge is -2.10. The highest BCUT2D eigenvalue weighted by Crippen LogP contribution is 2.28. The molecule has 1 aromatic carbocycles. The minimum atomic E-state index is 0.390. The summed E-state index contributed by atoms with van der Waals surface area (Å²) < 4.78 is 2.25. The highest BCUT2D eigenvalue weighted by atomic mass is 32.2. The van der Waals surface area contributed by atoms with Crippen LogP contribution in [0, 0.1) is 6.92 Å². The highest BCUT2D eigenvalue weighted by Gasteiger charge is 2.15. The van der Waals surface area contributed by atoms with E-state index in [9.17, 15) is 0 Å². The molecule has 132 valence electrons. The molecule has 0 amide bonds. The minimum Gasteiger partial charge on any atom is -0.306 e. The van der Waals surface area contributed by atoms with Gasteiger partial charge in [0.05, 0.1) is 5.69 Å². The van der Waals surface area contributed by atoms with Crippen LogP contribution in [0.4, 0.5) is 0 Å².